The molecule has 1 aromatic carbocycles. The van der Waals surface area contributed by atoms with Crippen LogP contribution in [0.2, 0.25) is 0 Å². The molecule has 0 fully saturated rings. The molecule has 1 amide bonds. The first-order valence-corrected chi connectivity index (χ1v) is 6.38. The number of hydrogen-bond donors (Lipinski definition) is 2. The van der Waals surface area contributed by atoms with Gasteiger partial charge in [0.05, 0.1) is 5.92 Å². The minimum absolute atomic E-state index is 0.0855. The molecule has 0 bridgehead atoms. The molecule has 0 saturated carbocycles. The topological polar surface area (TPSA) is 66.4 Å². The molecule has 7 heteroatoms. The number of carboxylic acids is 1. The van der Waals surface area contributed by atoms with E-state index in [0.717, 1.165) is 0 Å². The third-order valence-electron chi connectivity index (χ3n) is 2.85. The van der Waals surface area contributed by atoms with Gasteiger partial charge in [0.25, 0.3) is 5.91 Å². The number of carbonyl (C=O) groups excluding carboxylic acids is 1. The van der Waals surface area contributed by atoms with E-state index < -0.39 is 40.8 Å². The maximum Gasteiger partial charge on any atom is 0.308 e. The summed E-state index contributed by atoms with van der Waals surface area (Å²) >= 11 is 0. The zero-order valence-electron chi connectivity index (χ0n) is 11.6. The number of benzene rings is 1. The van der Waals surface area contributed by atoms with Crippen molar-refractivity contribution in [2.75, 3.05) is 6.54 Å². The summed E-state index contributed by atoms with van der Waals surface area (Å²) in [5, 5.41) is 11.2. The fourth-order valence-electron chi connectivity index (χ4n) is 1.90. The van der Waals surface area contributed by atoms with Crippen LogP contribution in [0, 0.1) is 29.3 Å². The van der Waals surface area contributed by atoms with Gasteiger partial charge in [0.1, 0.15) is 23.0 Å². The Morgan fingerprint density at radius 3 is 2.14 bits per heavy atom. The van der Waals surface area contributed by atoms with E-state index in [9.17, 15) is 22.8 Å². The van der Waals surface area contributed by atoms with Gasteiger partial charge in [-0.1, -0.05) is 13.8 Å². The van der Waals surface area contributed by atoms with Crippen molar-refractivity contribution in [2.45, 2.75) is 20.3 Å². The van der Waals surface area contributed by atoms with E-state index in [-0.39, 0.29) is 12.5 Å². The van der Waals surface area contributed by atoms with Crippen molar-refractivity contribution in [3.8, 4) is 0 Å². The smallest absolute Gasteiger partial charge is 0.308 e. The van der Waals surface area contributed by atoms with Crippen LogP contribution >= 0.6 is 0 Å². The molecule has 116 valence electrons. The summed E-state index contributed by atoms with van der Waals surface area (Å²) < 4.78 is 39.5. The van der Waals surface area contributed by atoms with Gasteiger partial charge >= 0.3 is 5.97 Å². The first-order valence-electron chi connectivity index (χ1n) is 6.38. The van der Waals surface area contributed by atoms with Crippen molar-refractivity contribution in [1.29, 1.82) is 0 Å². The molecule has 1 aromatic rings. The lowest BCUT2D eigenvalue weighted by Gasteiger charge is -2.15. The van der Waals surface area contributed by atoms with Crippen molar-refractivity contribution >= 4 is 11.9 Å². The number of carbonyl (C=O) groups is 2. The monoisotopic (exact) mass is 303 g/mol. The summed E-state index contributed by atoms with van der Waals surface area (Å²) in [5.41, 5.74) is -0.926. The Bertz CT molecular complexity index is 523. The molecule has 21 heavy (non-hydrogen) atoms. The van der Waals surface area contributed by atoms with Gasteiger partial charge in [-0.25, -0.2) is 13.2 Å². The zero-order valence-corrected chi connectivity index (χ0v) is 11.6. The first-order chi connectivity index (χ1) is 9.72. The van der Waals surface area contributed by atoms with Gasteiger partial charge in [-0.15, -0.1) is 0 Å². The SMILES string of the molecule is CC(C)CC(CNC(=O)c1c(F)cc(F)cc1F)C(=O)O. The van der Waals surface area contributed by atoms with Gasteiger partial charge < -0.3 is 10.4 Å². The van der Waals surface area contributed by atoms with Crippen LogP contribution < -0.4 is 5.32 Å². The molecular weight excluding hydrogens is 287 g/mol. The normalized spacial score (nSPS) is 12.3. The Kier molecular flexibility index (Phi) is 5.75. The van der Waals surface area contributed by atoms with Crippen molar-refractivity contribution in [3.05, 3.63) is 35.1 Å². The minimum atomic E-state index is -1.33. The number of hydrogen-bond acceptors (Lipinski definition) is 2. The van der Waals surface area contributed by atoms with Crippen molar-refractivity contribution in [3.63, 3.8) is 0 Å². The summed E-state index contributed by atoms with van der Waals surface area (Å²) in [6.45, 7) is 3.37. The molecule has 1 unspecified atom stereocenters. The standard InChI is InChI=1S/C14H16F3NO3/c1-7(2)3-8(14(20)21)6-18-13(19)12-10(16)4-9(15)5-11(12)17/h4-5,7-8H,3,6H2,1-2H3,(H,18,19)(H,20,21). The predicted molar refractivity (Wildman–Crippen MR) is 69.2 cm³/mol. The average Bonchev–Trinajstić information content (AvgIpc) is 2.32. The molecule has 0 aliphatic rings. The largest absolute Gasteiger partial charge is 0.481 e. The van der Waals surface area contributed by atoms with Gasteiger partial charge in [-0.3, -0.25) is 9.59 Å². The fourth-order valence-corrected chi connectivity index (χ4v) is 1.90. The Labute approximate surface area is 120 Å². The summed E-state index contributed by atoms with van der Waals surface area (Å²) in [7, 11) is 0. The van der Waals surface area contributed by atoms with Crippen LogP contribution in [0.15, 0.2) is 12.1 Å². The molecule has 0 spiro atoms. The third-order valence-corrected chi connectivity index (χ3v) is 2.85. The second kappa shape index (κ2) is 7.10. The van der Waals surface area contributed by atoms with Crippen molar-refractivity contribution in [1.82, 2.24) is 5.32 Å². The molecule has 1 rings (SSSR count). The van der Waals surface area contributed by atoms with E-state index in [2.05, 4.69) is 5.32 Å². The average molecular weight is 303 g/mol. The van der Waals surface area contributed by atoms with Gasteiger partial charge in [0.2, 0.25) is 0 Å². The van der Waals surface area contributed by atoms with Crippen LogP contribution in [-0.4, -0.2) is 23.5 Å². The molecule has 0 aliphatic heterocycles. The third kappa shape index (κ3) is 4.77. The molecule has 0 aliphatic carbocycles. The summed E-state index contributed by atoms with van der Waals surface area (Å²) in [5.74, 6) is -6.79. The van der Waals surface area contributed by atoms with Gasteiger partial charge in [-0.2, -0.15) is 0 Å². The van der Waals surface area contributed by atoms with Crippen molar-refractivity contribution in [2.24, 2.45) is 11.8 Å². The van der Waals surface area contributed by atoms with Gasteiger partial charge in [-0.05, 0) is 12.3 Å². The second-order valence-electron chi connectivity index (χ2n) is 5.12. The van der Waals surface area contributed by atoms with Crippen LogP contribution in [0.5, 0.6) is 0 Å². The molecule has 0 aromatic heterocycles. The molecule has 0 heterocycles. The number of nitrogens with one attached hydrogen (secondary N) is 1. The number of halogens is 3. The van der Waals surface area contributed by atoms with E-state index in [1.807, 2.05) is 13.8 Å². The molecular formula is C14H16F3NO3. The molecule has 4 nitrogen and oxygen atoms in total. The lowest BCUT2D eigenvalue weighted by atomic mass is 9.97. The maximum absolute atomic E-state index is 13.4. The summed E-state index contributed by atoms with van der Waals surface area (Å²) in [6.07, 6.45) is 0.310. The Morgan fingerprint density at radius 2 is 1.71 bits per heavy atom. The van der Waals surface area contributed by atoms with Crippen molar-refractivity contribution < 1.29 is 27.9 Å². The van der Waals surface area contributed by atoms with E-state index >= 15 is 0 Å². The maximum atomic E-state index is 13.4. The van der Waals surface area contributed by atoms with Crippen LogP contribution in [0.4, 0.5) is 13.2 Å². The molecule has 0 saturated heterocycles. The highest BCUT2D eigenvalue weighted by molar-refractivity contribution is 5.95. The molecule has 2 N–H and O–H groups in total. The lowest BCUT2D eigenvalue weighted by Crippen LogP contribution is -2.34. The van der Waals surface area contributed by atoms with E-state index in [1.165, 1.54) is 0 Å². The highest BCUT2D eigenvalue weighted by Crippen LogP contribution is 2.15. The van der Waals surface area contributed by atoms with E-state index in [0.29, 0.717) is 18.6 Å². The van der Waals surface area contributed by atoms with Crippen LogP contribution in [-0.2, 0) is 4.79 Å². The number of rotatable bonds is 6. The summed E-state index contributed by atoms with van der Waals surface area (Å²) in [4.78, 5) is 22.7. The number of carboxylic acid groups (broad SMARTS) is 1. The zero-order chi connectivity index (χ0) is 16.2. The van der Waals surface area contributed by atoms with E-state index in [1.54, 1.807) is 0 Å². The lowest BCUT2D eigenvalue weighted by molar-refractivity contribution is -0.142. The summed E-state index contributed by atoms with van der Waals surface area (Å²) in [6, 6.07) is 0.779. The molecule has 1 atom stereocenters. The Morgan fingerprint density at radius 1 is 1.19 bits per heavy atom. The van der Waals surface area contributed by atoms with Crippen LogP contribution in [0.3, 0.4) is 0 Å². The van der Waals surface area contributed by atoms with Gasteiger partial charge in [0.15, 0.2) is 0 Å². The molecule has 0 radical (unpaired) electrons. The highest BCUT2D eigenvalue weighted by atomic mass is 19.1. The first kappa shape index (κ1) is 17.0. The Balaban J connectivity index is 2.80. The van der Waals surface area contributed by atoms with Crippen LogP contribution in [0.25, 0.3) is 0 Å². The fraction of sp³-hybridized carbons (Fsp3) is 0.429. The number of amides is 1. The quantitative estimate of drug-likeness (QED) is 0.849. The van der Waals surface area contributed by atoms with Crippen LogP contribution in [0.1, 0.15) is 30.6 Å². The van der Waals surface area contributed by atoms with Gasteiger partial charge in [0, 0.05) is 18.7 Å². The highest BCUT2D eigenvalue weighted by Gasteiger charge is 2.23. The van der Waals surface area contributed by atoms with E-state index in [4.69, 9.17) is 5.11 Å². The Hall–Kier alpha value is -2.05. The second-order valence-corrected chi connectivity index (χ2v) is 5.12. The minimum Gasteiger partial charge on any atom is -0.481 e. The number of aliphatic carboxylic acids is 1. The predicted octanol–water partition coefficient (Wildman–Crippen LogP) is 2.58.